The number of hydrogen-bond acceptors (Lipinski definition) is 6. The lowest BCUT2D eigenvalue weighted by atomic mass is 10.1. The first-order valence-electron chi connectivity index (χ1n) is 9.66. The molecule has 2 amide bonds. The van der Waals surface area contributed by atoms with Gasteiger partial charge >= 0.3 is 0 Å². The Bertz CT molecular complexity index is 1020. The van der Waals surface area contributed by atoms with Crippen molar-refractivity contribution in [2.75, 3.05) is 39.1 Å². The lowest BCUT2D eigenvalue weighted by molar-refractivity contribution is 0.101. The normalized spacial score (nSPS) is 10.1. The average molecular weight is 436 g/mol. The minimum atomic E-state index is -0.349. The number of amides is 2. The lowest BCUT2D eigenvalue weighted by Crippen LogP contribution is -2.15. The molecule has 8 nitrogen and oxygen atoms in total. The van der Waals surface area contributed by atoms with Crippen molar-refractivity contribution in [2.45, 2.75) is 0 Å². The molecule has 0 aromatic heterocycles. The number of rotatable bonds is 8. The van der Waals surface area contributed by atoms with E-state index in [9.17, 15) is 9.59 Å². The molecule has 8 heteroatoms. The highest BCUT2D eigenvalue weighted by Crippen LogP contribution is 2.30. The van der Waals surface area contributed by atoms with E-state index in [2.05, 4.69) is 10.6 Å². The van der Waals surface area contributed by atoms with E-state index in [1.165, 1.54) is 28.4 Å². The molecule has 0 radical (unpaired) electrons. The Hall–Kier alpha value is -4.20. The molecular formula is C24H24N2O6. The number of benzene rings is 3. The van der Waals surface area contributed by atoms with Crippen LogP contribution in [0.1, 0.15) is 20.7 Å². The van der Waals surface area contributed by atoms with Gasteiger partial charge < -0.3 is 29.6 Å². The summed E-state index contributed by atoms with van der Waals surface area (Å²) in [7, 11) is 6.11. The van der Waals surface area contributed by atoms with Gasteiger partial charge in [-0.2, -0.15) is 0 Å². The van der Waals surface area contributed by atoms with Crippen molar-refractivity contribution in [1.82, 2.24) is 0 Å². The number of nitrogens with one attached hydrogen (secondary N) is 2. The monoisotopic (exact) mass is 436 g/mol. The largest absolute Gasteiger partial charge is 0.497 e. The molecule has 0 aliphatic carbocycles. The first-order valence-corrected chi connectivity index (χ1v) is 9.66. The standard InChI is InChI=1S/C24H24N2O6/c1-29-17-9-11-21(31-3)19(13-17)25-23(27)15-5-7-16(8-6-15)24(28)26-20-14-18(30-2)10-12-22(20)32-4/h5-14H,1-4H3,(H,25,27)(H,26,28). The Morgan fingerprint density at radius 1 is 0.562 bits per heavy atom. The summed E-state index contributed by atoms with van der Waals surface area (Å²) in [6.07, 6.45) is 0. The third-order valence-corrected chi connectivity index (χ3v) is 4.72. The zero-order chi connectivity index (χ0) is 23.1. The van der Waals surface area contributed by atoms with Gasteiger partial charge in [0.25, 0.3) is 11.8 Å². The van der Waals surface area contributed by atoms with Crippen molar-refractivity contribution < 1.29 is 28.5 Å². The van der Waals surface area contributed by atoms with Gasteiger partial charge in [-0.15, -0.1) is 0 Å². The third kappa shape index (κ3) is 5.10. The molecule has 0 atom stereocenters. The van der Waals surface area contributed by atoms with Gasteiger partial charge in [0.15, 0.2) is 0 Å². The van der Waals surface area contributed by atoms with Gasteiger partial charge in [-0.05, 0) is 48.5 Å². The number of carbonyl (C=O) groups is 2. The van der Waals surface area contributed by atoms with Crippen LogP contribution in [0.5, 0.6) is 23.0 Å². The van der Waals surface area contributed by atoms with Gasteiger partial charge in [-0.3, -0.25) is 9.59 Å². The maximum absolute atomic E-state index is 12.7. The van der Waals surface area contributed by atoms with E-state index < -0.39 is 0 Å². The van der Waals surface area contributed by atoms with Crippen molar-refractivity contribution in [2.24, 2.45) is 0 Å². The lowest BCUT2D eigenvalue weighted by Gasteiger charge is -2.13. The summed E-state index contributed by atoms with van der Waals surface area (Å²) >= 11 is 0. The SMILES string of the molecule is COc1ccc(OC)c(NC(=O)c2ccc(C(=O)Nc3cc(OC)ccc3OC)cc2)c1. The Morgan fingerprint density at radius 2 is 0.938 bits per heavy atom. The molecular weight excluding hydrogens is 412 g/mol. The quantitative estimate of drug-likeness (QED) is 0.549. The van der Waals surface area contributed by atoms with Crippen LogP contribution in [-0.2, 0) is 0 Å². The second-order valence-corrected chi connectivity index (χ2v) is 6.62. The van der Waals surface area contributed by atoms with Crippen molar-refractivity contribution >= 4 is 23.2 Å². The van der Waals surface area contributed by atoms with Crippen LogP contribution in [0.2, 0.25) is 0 Å². The van der Waals surface area contributed by atoms with Gasteiger partial charge in [0.05, 0.1) is 39.8 Å². The predicted molar refractivity (Wildman–Crippen MR) is 121 cm³/mol. The molecule has 3 aromatic carbocycles. The summed E-state index contributed by atoms with van der Waals surface area (Å²) in [5, 5.41) is 5.59. The van der Waals surface area contributed by atoms with E-state index in [4.69, 9.17) is 18.9 Å². The minimum Gasteiger partial charge on any atom is -0.497 e. The molecule has 3 aromatic rings. The van der Waals surface area contributed by atoms with Crippen molar-refractivity contribution in [1.29, 1.82) is 0 Å². The highest BCUT2D eigenvalue weighted by atomic mass is 16.5. The smallest absolute Gasteiger partial charge is 0.255 e. The maximum Gasteiger partial charge on any atom is 0.255 e. The number of anilines is 2. The minimum absolute atomic E-state index is 0.349. The summed E-state index contributed by atoms with van der Waals surface area (Å²) < 4.78 is 21.0. The Labute approximate surface area is 186 Å². The molecule has 2 N–H and O–H groups in total. The van der Waals surface area contributed by atoms with Crippen molar-refractivity contribution in [3.05, 3.63) is 71.8 Å². The fraction of sp³-hybridized carbons (Fsp3) is 0.167. The van der Waals surface area contributed by atoms with Crippen LogP contribution < -0.4 is 29.6 Å². The van der Waals surface area contributed by atoms with E-state index in [1.54, 1.807) is 60.7 Å². The first-order chi connectivity index (χ1) is 15.5. The predicted octanol–water partition coefficient (Wildman–Crippen LogP) is 4.23. The topological polar surface area (TPSA) is 95.1 Å². The molecule has 0 aliphatic heterocycles. The Kier molecular flexibility index (Phi) is 7.17. The highest BCUT2D eigenvalue weighted by molar-refractivity contribution is 6.08. The summed E-state index contributed by atoms with van der Waals surface area (Å²) in [5.74, 6) is 1.47. The molecule has 0 fully saturated rings. The first kappa shape index (κ1) is 22.5. The molecule has 0 aliphatic rings. The molecule has 0 saturated carbocycles. The molecule has 3 rings (SSSR count). The van der Waals surface area contributed by atoms with E-state index in [0.29, 0.717) is 45.5 Å². The number of hydrogen-bond donors (Lipinski definition) is 2. The summed E-state index contributed by atoms with van der Waals surface area (Å²) in [6.45, 7) is 0. The average Bonchev–Trinajstić information content (AvgIpc) is 2.83. The van der Waals surface area contributed by atoms with E-state index in [1.807, 2.05) is 0 Å². The fourth-order valence-corrected chi connectivity index (χ4v) is 2.99. The fourth-order valence-electron chi connectivity index (χ4n) is 2.99. The molecule has 0 unspecified atom stereocenters. The van der Waals surface area contributed by atoms with Crippen LogP contribution >= 0.6 is 0 Å². The van der Waals surface area contributed by atoms with Gasteiger partial charge in [0.1, 0.15) is 23.0 Å². The van der Waals surface area contributed by atoms with E-state index in [-0.39, 0.29) is 11.8 Å². The Balaban J connectivity index is 1.74. The molecule has 32 heavy (non-hydrogen) atoms. The Morgan fingerprint density at radius 3 is 1.25 bits per heavy atom. The van der Waals surface area contributed by atoms with Crippen LogP contribution in [0.25, 0.3) is 0 Å². The zero-order valence-electron chi connectivity index (χ0n) is 18.2. The van der Waals surface area contributed by atoms with Crippen molar-refractivity contribution in [3.8, 4) is 23.0 Å². The molecule has 0 saturated heterocycles. The van der Waals surface area contributed by atoms with Gasteiger partial charge in [0.2, 0.25) is 0 Å². The second-order valence-electron chi connectivity index (χ2n) is 6.62. The number of carbonyl (C=O) groups excluding carboxylic acids is 2. The van der Waals surface area contributed by atoms with Crippen LogP contribution in [0.4, 0.5) is 11.4 Å². The highest BCUT2D eigenvalue weighted by Gasteiger charge is 2.14. The van der Waals surface area contributed by atoms with Crippen LogP contribution in [0, 0.1) is 0 Å². The van der Waals surface area contributed by atoms with Crippen LogP contribution in [-0.4, -0.2) is 40.3 Å². The van der Waals surface area contributed by atoms with E-state index >= 15 is 0 Å². The van der Waals surface area contributed by atoms with Gasteiger partial charge in [0, 0.05) is 23.3 Å². The maximum atomic E-state index is 12.7. The van der Waals surface area contributed by atoms with Crippen molar-refractivity contribution in [3.63, 3.8) is 0 Å². The summed E-state index contributed by atoms with van der Waals surface area (Å²) in [6, 6.07) is 16.5. The zero-order valence-corrected chi connectivity index (χ0v) is 18.2. The third-order valence-electron chi connectivity index (χ3n) is 4.72. The van der Waals surface area contributed by atoms with E-state index in [0.717, 1.165) is 0 Å². The van der Waals surface area contributed by atoms with Gasteiger partial charge in [-0.25, -0.2) is 0 Å². The number of methoxy groups -OCH3 is 4. The molecule has 0 spiro atoms. The van der Waals surface area contributed by atoms with Gasteiger partial charge in [-0.1, -0.05) is 0 Å². The summed E-state index contributed by atoms with van der Waals surface area (Å²) in [5.41, 5.74) is 1.71. The van der Waals surface area contributed by atoms with Crippen LogP contribution in [0.3, 0.4) is 0 Å². The number of ether oxygens (including phenoxy) is 4. The molecule has 0 bridgehead atoms. The summed E-state index contributed by atoms with van der Waals surface area (Å²) in [4.78, 5) is 25.3. The van der Waals surface area contributed by atoms with Crippen LogP contribution in [0.15, 0.2) is 60.7 Å². The molecule has 166 valence electrons. The second kappa shape index (κ2) is 10.2. The molecule has 0 heterocycles.